The van der Waals surface area contributed by atoms with Crippen molar-refractivity contribution in [2.24, 2.45) is 0 Å². The second-order valence-corrected chi connectivity index (χ2v) is 4.23. The van der Waals surface area contributed by atoms with Gasteiger partial charge < -0.3 is 10.4 Å². The maximum Gasteiger partial charge on any atom is 0.230 e. The lowest BCUT2D eigenvalue weighted by molar-refractivity contribution is 0.0786. The number of aliphatic hydroxyl groups is 1. The molecule has 2 N–H and O–H groups in total. The summed E-state index contributed by atoms with van der Waals surface area (Å²) in [5.41, 5.74) is 0.795. The van der Waals surface area contributed by atoms with Crippen molar-refractivity contribution in [1.82, 2.24) is 15.0 Å². The third-order valence-electron chi connectivity index (χ3n) is 2.32. The molecule has 0 bridgehead atoms. The van der Waals surface area contributed by atoms with Gasteiger partial charge in [0.2, 0.25) is 5.95 Å². The zero-order valence-corrected chi connectivity index (χ0v) is 9.75. The summed E-state index contributed by atoms with van der Waals surface area (Å²) < 4.78 is 0. The van der Waals surface area contributed by atoms with Crippen molar-refractivity contribution in [3.8, 4) is 0 Å². The van der Waals surface area contributed by atoms with Crippen molar-refractivity contribution < 1.29 is 5.11 Å². The van der Waals surface area contributed by atoms with Gasteiger partial charge in [0, 0.05) is 5.69 Å². The average Bonchev–Trinajstić information content (AvgIpc) is 2.29. The molecule has 0 saturated heterocycles. The Kier molecular flexibility index (Phi) is 3.01. The molecule has 5 nitrogen and oxygen atoms in total. The normalized spacial score (nSPS) is 11.2. The van der Waals surface area contributed by atoms with Crippen LogP contribution < -0.4 is 5.32 Å². The van der Waals surface area contributed by atoms with E-state index in [0.717, 1.165) is 11.3 Å². The Bertz CT molecular complexity index is 493. The molecular formula is C12H14N4O. The fourth-order valence-corrected chi connectivity index (χ4v) is 1.41. The molecule has 0 spiro atoms. The van der Waals surface area contributed by atoms with Crippen molar-refractivity contribution in [3.05, 3.63) is 42.5 Å². The number of aromatic nitrogens is 3. The summed E-state index contributed by atoms with van der Waals surface area (Å²) in [5.74, 6) is 0.480. The fourth-order valence-electron chi connectivity index (χ4n) is 1.41. The molecule has 0 unspecified atom stereocenters. The summed E-state index contributed by atoms with van der Waals surface area (Å²) in [7, 11) is 0. The van der Waals surface area contributed by atoms with Crippen LogP contribution in [0.15, 0.2) is 36.9 Å². The number of hydrogen-bond acceptors (Lipinski definition) is 5. The van der Waals surface area contributed by atoms with Crippen LogP contribution in [0.3, 0.4) is 0 Å². The SMILES string of the molecule is CC(C)(O)c1cccc(Nc2ncncn2)c1. The number of nitrogens with one attached hydrogen (secondary N) is 1. The summed E-state index contributed by atoms with van der Waals surface area (Å²) in [6.07, 6.45) is 2.85. The van der Waals surface area contributed by atoms with E-state index in [1.807, 2.05) is 24.3 Å². The molecule has 0 aliphatic rings. The van der Waals surface area contributed by atoms with Gasteiger partial charge in [-0.2, -0.15) is 0 Å². The van der Waals surface area contributed by atoms with Crippen LogP contribution in [0.4, 0.5) is 11.6 Å². The zero-order chi connectivity index (χ0) is 12.3. The van der Waals surface area contributed by atoms with Crippen molar-refractivity contribution in [3.63, 3.8) is 0 Å². The van der Waals surface area contributed by atoms with Crippen molar-refractivity contribution in [1.29, 1.82) is 0 Å². The Balaban J connectivity index is 2.23. The molecule has 5 heteroatoms. The lowest BCUT2D eigenvalue weighted by atomic mass is 9.98. The van der Waals surface area contributed by atoms with E-state index in [1.54, 1.807) is 13.8 Å². The molecule has 88 valence electrons. The van der Waals surface area contributed by atoms with Crippen LogP contribution in [0.5, 0.6) is 0 Å². The van der Waals surface area contributed by atoms with Crippen LogP contribution in [0, 0.1) is 0 Å². The van der Waals surface area contributed by atoms with Crippen LogP contribution in [0.25, 0.3) is 0 Å². The molecule has 17 heavy (non-hydrogen) atoms. The molecule has 0 aliphatic carbocycles. The number of anilines is 2. The molecule has 2 rings (SSSR count). The average molecular weight is 230 g/mol. The first-order chi connectivity index (χ1) is 8.05. The van der Waals surface area contributed by atoms with Gasteiger partial charge in [-0.3, -0.25) is 0 Å². The number of rotatable bonds is 3. The molecule has 0 saturated carbocycles. The third kappa shape index (κ3) is 2.98. The first-order valence-corrected chi connectivity index (χ1v) is 5.27. The van der Waals surface area contributed by atoms with E-state index < -0.39 is 5.60 Å². The number of nitrogens with zero attached hydrogens (tertiary/aromatic N) is 3. The van der Waals surface area contributed by atoms with Gasteiger partial charge in [-0.1, -0.05) is 12.1 Å². The number of benzene rings is 1. The Morgan fingerprint density at radius 3 is 2.53 bits per heavy atom. The molecule has 2 aromatic rings. The first kappa shape index (κ1) is 11.5. The monoisotopic (exact) mass is 230 g/mol. The van der Waals surface area contributed by atoms with Gasteiger partial charge in [0.15, 0.2) is 0 Å². The van der Waals surface area contributed by atoms with E-state index >= 15 is 0 Å². The topological polar surface area (TPSA) is 70.9 Å². The Morgan fingerprint density at radius 2 is 1.88 bits per heavy atom. The Hall–Kier alpha value is -2.01. The van der Waals surface area contributed by atoms with E-state index in [0.29, 0.717) is 5.95 Å². The van der Waals surface area contributed by atoms with E-state index in [9.17, 15) is 5.11 Å². The van der Waals surface area contributed by atoms with E-state index in [1.165, 1.54) is 12.7 Å². The van der Waals surface area contributed by atoms with E-state index in [-0.39, 0.29) is 0 Å². The highest BCUT2D eigenvalue weighted by Crippen LogP contribution is 2.23. The lowest BCUT2D eigenvalue weighted by Gasteiger charge is -2.18. The van der Waals surface area contributed by atoms with Gasteiger partial charge in [0.05, 0.1) is 5.60 Å². The summed E-state index contributed by atoms with van der Waals surface area (Å²) in [5, 5.41) is 13.0. The maximum atomic E-state index is 9.91. The fraction of sp³-hybridized carbons (Fsp3) is 0.250. The summed E-state index contributed by atoms with van der Waals surface area (Å²) in [6.45, 7) is 3.49. The van der Waals surface area contributed by atoms with Gasteiger partial charge in [0.25, 0.3) is 0 Å². The van der Waals surface area contributed by atoms with Crippen molar-refractivity contribution in [2.45, 2.75) is 19.4 Å². The predicted octanol–water partition coefficient (Wildman–Crippen LogP) is 1.84. The second kappa shape index (κ2) is 4.47. The highest BCUT2D eigenvalue weighted by Gasteiger charge is 2.15. The maximum absolute atomic E-state index is 9.91. The predicted molar refractivity (Wildman–Crippen MR) is 64.8 cm³/mol. The Labute approximate surface area is 99.6 Å². The van der Waals surface area contributed by atoms with Crippen LogP contribution in [-0.2, 0) is 5.60 Å². The third-order valence-corrected chi connectivity index (χ3v) is 2.32. The Morgan fingerprint density at radius 1 is 1.18 bits per heavy atom. The zero-order valence-electron chi connectivity index (χ0n) is 9.75. The minimum absolute atomic E-state index is 0.480. The largest absolute Gasteiger partial charge is 0.386 e. The molecule has 0 atom stereocenters. The van der Waals surface area contributed by atoms with Gasteiger partial charge in [0.1, 0.15) is 12.7 Å². The van der Waals surface area contributed by atoms with E-state index in [4.69, 9.17) is 0 Å². The van der Waals surface area contributed by atoms with Gasteiger partial charge >= 0.3 is 0 Å². The standard InChI is InChI=1S/C12H14N4O/c1-12(2,17)9-4-3-5-10(6-9)16-11-14-7-13-8-15-11/h3-8,17H,1-2H3,(H,13,14,15,16). The van der Waals surface area contributed by atoms with Crippen molar-refractivity contribution >= 4 is 11.6 Å². The number of hydrogen-bond donors (Lipinski definition) is 2. The summed E-state index contributed by atoms with van der Waals surface area (Å²) in [4.78, 5) is 11.7. The van der Waals surface area contributed by atoms with Gasteiger partial charge in [-0.15, -0.1) is 0 Å². The van der Waals surface area contributed by atoms with Crippen LogP contribution in [-0.4, -0.2) is 20.1 Å². The van der Waals surface area contributed by atoms with Gasteiger partial charge in [-0.05, 0) is 31.5 Å². The smallest absolute Gasteiger partial charge is 0.230 e. The minimum atomic E-state index is -0.864. The van der Waals surface area contributed by atoms with Crippen molar-refractivity contribution in [2.75, 3.05) is 5.32 Å². The summed E-state index contributed by atoms with van der Waals surface area (Å²) >= 11 is 0. The van der Waals surface area contributed by atoms with Crippen LogP contribution in [0.1, 0.15) is 19.4 Å². The van der Waals surface area contributed by atoms with Gasteiger partial charge in [-0.25, -0.2) is 15.0 Å². The molecule has 0 amide bonds. The minimum Gasteiger partial charge on any atom is -0.386 e. The van der Waals surface area contributed by atoms with E-state index in [2.05, 4.69) is 20.3 Å². The quantitative estimate of drug-likeness (QED) is 0.841. The molecular weight excluding hydrogens is 216 g/mol. The van der Waals surface area contributed by atoms with Crippen LogP contribution >= 0.6 is 0 Å². The molecule has 1 heterocycles. The molecule has 0 aliphatic heterocycles. The summed E-state index contributed by atoms with van der Waals surface area (Å²) in [6, 6.07) is 7.50. The second-order valence-electron chi connectivity index (χ2n) is 4.23. The molecule has 0 radical (unpaired) electrons. The first-order valence-electron chi connectivity index (χ1n) is 5.27. The molecule has 1 aromatic carbocycles. The lowest BCUT2D eigenvalue weighted by Crippen LogP contribution is -2.15. The molecule has 1 aromatic heterocycles. The highest BCUT2D eigenvalue weighted by molar-refractivity contribution is 5.54. The van der Waals surface area contributed by atoms with Crippen LogP contribution in [0.2, 0.25) is 0 Å². The highest BCUT2D eigenvalue weighted by atomic mass is 16.3. The molecule has 0 fully saturated rings.